The van der Waals surface area contributed by atoms with Crippen LogP contribution in [-0.4, -0.2) is 64.2 Å². The molecule has 0 aliphatic heterocycles. The van der Waals surface area contributed by atoms with E-state index in [0.29, 0.717) is 31.1 Å². The van der Waals surface area contributed by atoms with Crippen LogP contribution >= 0.6 is 0 Å². The van der Waals surface area contributed by atoms with Gasteiger partial charge in [-0.2, -0.15) is 0 Å². The molecule has 2 aromatic carbocycles. The van der Waals surface area contributed by atoms with Gasteiger partial charge in [0.1, 0.15) is 24.1 Å². The van der Waals surface area contributed by atoms with E-state index in [2.05, 4.69) is 5.32 Å². The molecular formula is C26H37N3O6S. The van der Waals surface area contributed by atoms with E-state index in [4.69, 9.17) is 9.47 Å². The number of nitrogens with zero attached hydrogens (tertiary/aromatic N) is 2. The lowest BCUT2D eigenvalue weighted by atomic mass is 10.1. The minimum Gasteiger partial charge on any atom is -0.497 e. The quantitative estimate of drug-likeness (QED) is 0.411. The third kappa shape index (κ3) is 7.87. The van der Waals surface area contributed by atoms with Gasteiger partial charge in [-0.3, -0.25) is 13.9 Å². The maximum Gasteiger partial charge on any atom is 0.244 e. The highest BCUT2D eigenvalue weighted by Crippen LogP contribution is 2.30. The van der Waals surface area contributed by atoms with E-state index in [9.17, 15) is 18.0 Å². The first-order valence-electron chi connectivity index (χ1n) is 12.1. The smallest absolute Gasteiger partial charge is 0.244 e. The molecule has 2 rings (SSSR count). The number of hydrogen-bond donors (Lipinski definition) is 1. The second-order valence-electron chi connectivity index (χ2n) is 8.26. The highest BCUT2D eigenvalue weighted by molar-refractivity contribution is 7.92. The SMILES string of the molecule is CCCNC(=O)[C@@H](CC)N(Cc1cccc(OC)c1)C(=O)CN(c1ccccc1OCC)S(C)(=O)=O. The third-order valence-corrected chi connectivity index (χ3v) is 6.66. The molecule has 2 aromatic rings. The lowest BCUT2D eigenvalue weighted by Crippen LogP contribution is -2.52. The molecule has 0 saturated carbocycles. The number of amides is 2. The Morgan fingerprint density at radius 1 is 1.06 bits per heavy atom. The molecule has 0 fully saturated rings. The van der Waals surface area contributed by atoms with Gasteiger partial charge in [-0.05, 0) is 49.6 Å². The van der Waals surface area contributed by atoms with Gasteiger partial charge >= 0.3 is 0 Å². The summed E-state index contributed by atoms with van der Waals surface area (Å²) in [6.45, 7) is 6.00. The molecule has 0 radical (unpaired) electrons. The number of nitrogens with one attached hydrogen (secondary N) is 1. The zero-order valence-corrected chi connectivity index (χ0v) is 22.5. The third-order valence-electron chi connectivity index (χ3n) is 5.54. The topological polar surface area (TPSA) is 105 Å². The fourth-order valence-corrected chi connectivity index (χ4v) is 4.64. The number of anilines is 1. The maximum atomic E-state index is 13.7. The molecule has 10 heteroatoms. The first-order chi connectivity index (χ1) is 17.2. The number of sulfonamides is 1. The van der Waals surface area contributed by atoms with Crippen molar-refractivity contribution in [3.63, 3.8) is 0 Å². The molecule has 0 heterocycles. The van der Waals surface area contributed by atoms with Gasteiger partial charge in [-0.1, -0.05) is 38.1 Å². The Morgan fingerprint density at radius 3 is 2.39 bits per heavy atom. The first kappa shape index (κ1) is 29.0. The molecule has 0 bridgehead atoms. The number of hydrogen-bond acceptors (Lipinski definition) is 6. The maximum absolute atomic E-state index is 13.7. The molecule has 1 N–H and O–H groups in total. The molecule has 0 spiro atoms. The minimum absolute atomic E-state index is 0.110. The second-order valence-corrected chi connectivity index (χ2v) is 10.2. The summed E-state index contributed by atoms with van der Waals surface area (Å²) in [7, 11) is -2.30. The van der Waals surface area contributed by atoms with Gasteiger partial charge in [-0.15, -0.1) is 0 Å². The number of ether oxygens (including phenoxy) is 2. The largest absolute Gasteiger partial charge is 0.497 e. The lowest BCUT2D eigenvalue weighted by Gasteiger charge is -2.33. The van der Waals surface area contributed by atoms with Crippen LogP contribution in [0.3, 0.4) is 0 Å². The molecule has 0 aliphatic rings. The molecule has 36 heavy (non-hydrogen) atoms. The van der Waals surface area contributed by atoms with Crippen molar-refractivity contribution in [2.24, 2.45) is 0 Å². The van der Waals surface area contributed by atoms with E-state index in [-0.39, 0.29) is 18.1 Å². The predicted molar refractivity (Wildman–Crippen MR) is 141 cm³/mol. The van der Waals surface area contributed by atoms with Crippen molar-refractivity contribution in [2.45, 2.75) is 46.2 Å². The van der Waals surface area contributed by atoms with Crippen LogP contribution in [-0.2, 0) is 26.2 Å². The van der Waals surface area contributed by atoms with Crippen molar-refractivity contribution < 1.29 is 27.5 Å². The number of benzene rings is 2. The number of methoxy groups -OCH3 is 1. The van der Waals surface area contributed by atoms with Crippen molar-refractivity contribution >= 4 is 27.5 Å². The lowest BCUT2D eigenvalue weighted by molar-refractivity contribution is -0.140. The summed E-state index contributed by atoms with van der Waals surface area (Å²) in [4.78, 5) is 28.2. The van der Waals surface area contributed by atoms with Crippen LogP contribution in [0.5, 0.6) is 11.5 Å². The summed E-state index contributed by atoms with van der Waals surface area (Å²) in [5, 5.41) is 2.86. The van der Waals surface area contributed by atoms with Gasteiger partial charge in [0.15, 0.2) is 0 Å². The van der Waals surface area contributed by atoms with E-state index in [0.717, 1.165) is 22.5 Å². The van der Waals surface area contributed by atoms with Gasteiger partial charge in [0.25, 0.3) is 0 Å². The Balaban J connectivity index is 2.48. The van der Waals surface area contributed by atoms with Gasteiger partial charge < -0.3 is 19.7 Å². The van der Waals surface area contributed by atoms with Crippen molar-refractivity contribution in [1.82, 2.24) is 10.2 Å². The van der Waals surface area contributed by atoms with Crippen LogP contribution in [0.25, 0.3) is 0 Å². The average molecular weight is 520 g/mol. The van der Waals surface area contributed by atoms with Gasteiger partial charge in [0.05, 0.1) is 25.7 Å². The van der Waals surface area contributed by atoms with Crippen molar-refractivity contribution in [3.8, 4) is 11.5 Å². The highest BCUT2D eigenvalue weighted by atomic mass is 32.2. The summed E-state index contributed by atoms with van der Waals surface area (Å²) in [6.07, 6.45) is 2.16. The number of para-hydroxylation sites is 2. The monoisotopic (exact) mass is 519 g/mol. The molecule has 9 nitrogen and oxygen atoms in total. The first-order valence-corrected chi connectivity index (χ1v) is 13.9. The second kappa shape index (κ2) is 13.7. The van der Waals surface area contributed by atoms with Gasteiger partial charge in [0.2, 0.25) is 21.8 Å². The zero-order chi connectivity index (χ0) is 26.7. The van der Waals surface area contributed by atoms with Crippen molar-refractivity contribution in [3.05, 3.63) is 54.1 Å². The highest BCUT2D eigenvalue weighted by Gasteiger charge is 2.32. The van der Waals surface area contributed by atoms with Crippen LogP contribution in [0, 0.1) is 0 Å². The number of rotatable bonds is 14. The van der Waals surface area contributed by atoms with Crippen LogP contribution < -0.4 is 19.1 Å². The summed E-state index contributed by atoms with van der Waals surface area (Å²) in [5.41, 5.74) is 1.02. The summed E-state index contributed by atoms with van der Waals surface area (Å²) >= 11 is 0. The minimum atomic E-state index is -3.85. The molecule has 0 saturated heterocycles. The van der Waals surface area contributed by atoms with Crippen molar-refractivity contribution in [1.29, 1.82) is 0 Å². The Bertz CT molecular complexity index is 1120. The molecule has 0 aliphatic carbocycles. The van der Waals surface area contributed by atoms with Gasteiger partial charge in [-0.25, -0.2) is 8.42 Å². The average Bonchev–Trinajstić information content (AvgIpc) is 2.85. The molecule has 0 aromatic heterocycles. The van der Waals surface area contributed by atoms with E-state index >= 15 is 0 Å². The van der Waals surface area contributed by atoms with E-state index < -0.39 is 28.5 Å². The van der Waals surface area contributed by atoms with E-state index in [1.165, 1.54) is 4.90 Å². The standard InChI is InChI=1S/C26H37N3O6S/c1-6-16-27-26(31)22(7-2)28(18-20-12-11-13-21(17-20)34-4)25(30)19-29(36(5,32)33)23-14-9-10-15-24(23)35-8-3/h9-15,17,22H,6-8,16,18-19H2,1-5H3,(H,27,31)/t22-/m1/s1. The summed E-state index contributed by atoms with van der Waals surface area (Å²) < 4.78 is 37.6. The molecule has 0 unspecified atom stereocenters. The van der Waals surface area contributed by atoms with Crippen LogP contribution in [0.1, 0.15) is 39.2 Å². The normalized spacial score (nSPS) is 11.9. The van der Waals surface area contributed by atoms with Crippen LogP contribution in [0.4, 0.5) is 5.69 Å². The zero-order valence-electron chi connectivity index (χ0n) is 21.7. The van der Waals surface area contributed by atoms with Crippen LogP contribution in [0.15, 0.2) is 48.5 Å². The molecule has 198 valence electrons. The number of carbonyl (C=O) groups is 2. The Labute approximate surface area is 214 Å². The Kier molecular flexibility index (Phi) is 11.0. The fourth-order valence-electron chi connectivity index (χ4n) is 3.79. The Hall–Kier alpha value is -3.27. The molecule has 2 amide bonds. The molecule has 1 atom stereocenters. The molecular weight excluding hydrogens is 482 g/mol. The summed E-state index contributed by atoms with van der Waals surface area (Å²) in [5.74, 6) is 0.182. The van der Waals surface area contributed by atoms with E-state index in [1.807, 2.05) is 19.9 Å². The predicted octanol–water partition coefficient (Wildman–Crippen LogP) is 3.19. The fraction of sp³-hybridized carbons (Fsp3) is 0.462. The van der Waals surface area contributed by atoms with E-state index in [1.54, 1.807) is 56.5 Å². The van der Waals surface area contributed by atoms with Crippen LogP contribution in [0.2, 0.25) is 0 Å². The summed E-state index contributed by atoms with van der Waals surface area (Å²) in [6, 6.07) is 13.1. The Morgan fingerprint density at radius 2 is 1.78 bits per heavy atom. The number of carbonyl (C=O) groups excluding carboxylic acids is 2. The van der Waals surface area contributed by atoms with Crippen molar-refractivity contribution in [2.75, 3.05) is 37.4 Å². The van der Waals surface area contributed by atoms with Gasteiger partial charge in [0, 0.05) is 13.1 Å².